The summed E-state index contributed by atoms with van der Waals surface area (Å²) in [5.41, 5.74) is 7.92. The summed E-state index contributed by atoms with van der Waals surface area (Å²) in [6.07, 6.45) is 7.40. The molecule has 0 N–H and O–H groups in total. The minimum Gasteiger partial charge on any atom is -1.00 e. The van der Waals surface area contributed by atoms with Crippen LogP contribution in [0.1, 0.15) is 52.2 Å². The van der Waals surface area contributed by atoms with E-state index in [1.165, 1.54) is 23.1 Å². The van der Waals surface area contributed by atoms with Gasteiger partial charge < -0.3 is 24.8 Å². The van der Waals surface area contributed by atoms with Gasteiger partial charge in [0.2, 0.25) is 0 Å². The van der Waals surface area contributed by atoms with Crippen LogP contribution in [0, 0.1) is 5.41 Å². The number of hydrogen-bond donors (Lipinski definition) is 0. The van der Waals surface area contributed by atoms with Crippen molar-refractivity contribution in [3.63, 3.8) is 0 Å². The van der Waals surface area contributed by atoms with E-state index in [1.54, 1.807) is 17.7 Å². The number of halogens is 2. The van der Waals surface area contributed by atoms with E-state index in [4.69, 9.17) is 0 Å². The first-order chi connectivity index (χ1) is 12.4. The third-order valence-electron chi connectivity index (χ3n) is 5.80. The van der Waals surface area contributed by atoms with Crippen molar-refractivity contribution < 1.29 is 46.6 Å². The van der Waals surface area contributed by atoms with Crippen LogP contribution in [0.5, 0.6) is 0 Å². The summed E-state index contributed by atoms with van der Waals surface area (Å²) in [6.45, 7) is 12.0. The average Bonchev–Trinajstić information content (AvgIpc) is 3.20. The van der Waals surface area contributed by atoms with Gasteiger partial charge in [-0.25, -0.2) is 0 Å². The molecule has 0 unspecified atom stereocenters. The summed E-state index contributed by atoms with van der Waals surface area (Å²) < 4.78 is 4.33. The maximum Gasteiger partial charge on any atom is -1.00 e. The number of benzene rings is 2. The summed E-state index contributed by atoms with van der Waals surface area (Å²) in [4.78, 5) is 0. The zero-order valence-electron chi connectivity index (χ0n) is 17.4. The van der Waals surface area contributed by atoms with E-state index in [1.807, 2.05) is 0 Å². The molecule has 0 spiro atoms. The molecular formula is C25H29Cl2Zr. The van der Waals surface area contributed by atoms with E-state index >= 15 is 0 Å². The molecule has 0 bridgehead atoms. The van der Waals surface area contributed by atoms with Crippen LogP contribution in [0.25, 0.3) is 11.1 Å². The standard InChI is InChI=1S/C13H9.C9H13.C3H7.2ClH.Zr/c1-3-7-12-10(5-1)9-11-6-2-4-8-13(11)12;1-9(2,3)8-6-4-5-7-8;1-3-2;;;/h1-5,7-8H,9H2;6-7H,4H2,1-3H3;3H,1-2H3;2*1H;/q;;;;;+2/p-2. The molecule has 0 fully saturated rings. The van der Waals surface area contributed by atoms with Gasteiger partial charge in [-0.1, -0.05) is 0 Å². The van der Waals surface area contributed by atoms with Crippen molar-refractivity contribution in [1.82, 2.24) is 0 Å². The minimum absolute atomic E-state index is 0. The second-order valence-electron chi connectivity index (χ2n) is 9.02. The van der Waals surface area contributed by atoms with Gasteiger partial charge in [-0.3, -0.25) is 0 Å². The maximum atomic E-state index is 2.58. The molecule has 2 aliphatic rings. The molecular weight excluding hydrogens is 462 g/mol. The van der Waals surface area contributed by atoms with Crippen LogP contribution in [0.2, 0.25) is 3.63 Å². The van der Waals surface area contributed by atoms with Crippen LogP contribution in [-0.2, 0) is 28.2 Å². The molecule has 0 saturated heterocycles. The Morgan fingerprint density at radius 2 is 1.57 bits per heavy atom. The summed E-state index contributed by atoms with van der Waals surface area (Å²) >= 11 is -1.90. The molecule has 2 aliphatic carbocycles. The van der Waals surface area contributed by atoms with Crippen molar-refractivity contribution in [2.24, 2.45) is 5.41 Å². The molecule has 2 aromatic carbocycles. The Balaban J connectivity index is 0.00000140. The molecule has 28 heavy (non-hydrogen) atoms. The molecule has 0 aromatic heterocycles. The normalized spacial score (nSPS) is 14.5. The monoisotopic (exact) mass is 489 g/mol. The predicted molar refractivity (Wildman–Crippen MR) is 110 cm³/mol. The first-order valence-corrected chi connectivity index (χ1v) is 13.7. The fourth-order valence-corrected chi connectivity index (χ4v) is 12.3. The van der Waals surface area contributed by atoms with Crippen LogP contribution in [0.15, 0.2) is 63.5 Å². The van der Waals surface area contributed by atoms with Gasteiger partial charge in [0, 0.05) is 0 Å². The van der Waals surface area contributed by atoms with Crippen LogP contribution in [-0.4, -0.2) is 0 Å². The molecule has 0 heterocycles. The number of rotatable bonds is 3. The van der Waals surface area contributed by atoms with Crippen molar-refractivity contribution in [3.05, 3.63) is 74.6 Å². The third-order valence-corrected chi connectivity index (χ3v) is 13.8. The smallest absolute Gasteiger partial charge is 1.00 e. The predicted octanol–water partition coefficient (Wildman–Crippen LogP) is 0.598. The van der Waals surface area contributed by atoms with Crippen molar-refractivity contribution in [1.29, 1.82) is 0 Å². The number of fused-ring (bicyclic) bond motifs is 3. The van der Waals surface area contributed by atoms with Crippen molar-refractivity contribution >= 4 is 3.27 Å². The Bertz CT molecular complexity index is 916. The Kier molecular flexibility index (Phi) is 7.63. The third kappa shape index (κ3) is 4.28. The fourth-order valence-electron chi connectivity index (χ4n) is 4.50. The molecule has 0 amide bonds. The summed E-state index contributed by atoms with van der Waals surface area (Å²) in [5, 5.41) is 0. The van der Waals surface area contributed by atoms with Gasteiger partial charge >= 0.3 is 167 Å². The summed E-state index contributed by atoms with van der Waals surface area (Å²) in [6, 6.07) is 16.1. The Morgan fingerprint density at radius 3 is 2.21 bits per heavy atom. The molecule has 147 valence electrons. The maximum absolute atomic E-state index is 2.58. The Labute approximate surface area is 191 Å². The van der Waals surface area contributed by atoms with Crippen molar-refractivity contribution in [3.8, 4) is 11.1 Å². The van der Waals surface area contributed by atoms with Gasteiger partial charge in [-0.15, -0.1) is 0 Å². The second-order valence-corrected chi connectivity index (χ2v) is 16.8. The Hall–Kier alpha value is -0.617. The quantitative estimate of drug-likeness (QED) is 0.504. The molecule has 0 saturated carbocycles. The average molecular weight is 492 g/mol. The molecule has 0 atom stereocenters. The molecule has 2 aromatic rings. The molecule has 0 nitrogen and oxygen atoms in total. The van der Waals surface area contributed by atoms with Crippen LogP contribution < -0.4 is 28.1 Å². The summed E-state index contributed by atoms with van der Waals surface area (Å²) in [7, 11) is 0. The topological polar surface area (TPSA) is 0 Å². The molecule has 3 heteroatoms. The summed E-state index contributed by atoms with van der Waals surface area (Å²) in [5.74, 6) is 0. The van der Waals surface area contributed by atoms with Gasteiger partial charge in [-0.05, 0) is 0 Å². The fraction of sp³-hybridized carbons (Fsp3) is 0.360. The number of allylic oxidation sites excluding steroid dienone is 4. The molecule has 4 rings (SSSR count). The van der Waals surface area contributed by atoms with Gasteiger partial charge in [-0.2, -0.15) is 0 Å². The zero-order chi connectivity index (χ0) is 18.5. The minimum atomic E-state index is -1.90. The van der Waals surface area contributed by atoms with E-state index in [0.717, 1.165) is 10.0 Å². The van der Waals surface area contributed by atoms with Crippen LogP contribution >= 0.6 is 0 Å². The van der Waals surface area contributed by atoms with E-state index in [2.05, 4.69) is 89.2 Å². The van der Waals surface area contributed by atoms with Gasteiger partial charge in [0.05, 0.1) is 0 Å². The van der Waals surface area contributed by atoms with Crippen molar-refractivity contribution in [2.75, 3.05) is 0 Å². The first kappa shape index (κ1) is 23.7. The molecule has 0 radical (unpaired) electrons. The Morgan fingerprint density at radius 1 is 0.893 bits per heavy atom. The second kappa shape index (κ2) is 9.03. The van der Waals surface area contributed by atoms with Gasteiger partial charge in [0.15, 0.2) is 0 Å². The van der Waals surface area contributed by atoms with E-state index in [0.29, 0.717) is 0 Å². The van der Waals surface area contributed by atoms with Gasteiger partial charge in [0.1, 0.15) is 0 Å². The zero-order valence-corrected chi connectivity index (χ0v) is 21.4. The van der Waals surface area contributed by atoms with E-state index in [9.17, 15) is 0 Å². The van der Waals surface area contributed by atoms with E-state index in [-0.39, 0.29) is 30.2 Å². The largest absolute Gasteiger partial charge is 1.00 e. The SMILES string of the molecule is C[CH](C)[Zr+2]([C]1=CC(C(C)(C)C)=CC1)[c]1cccc2c1Cc1ccccc1-2.[Cl-].[Cl-]. The van der Waals surface area contributed by atoms with Gasteiger partial charge in [0.25, 0.3) is 0 Å². The molecule has 0 aliphatic heterocycles. The van der Waals surface area contributed by atoms with E-state index < -0.39 is 21.8 Å². The van der Waals surface area contributed by atoms with Crippen LogP contribution in [0.3, 0.4) is 0 Å². The first-order valence-electron chi connectivity index (χ1n) is 9.85. The number of hydrogen-bond acceptors (Lipinski definition) is 0. The van der Waals surface area contributed by atoms with Crippen LogP contribution in [0.4, 0.5) is 0 Å². The van der Waals surface area contributed by atoms with Crippen molar-refractivity contribution in [2.45, 2.75) is 51.1 Å².